The lowest BCUT2D eigenvalue weighted by atomic mass is 10.0. The smallest absolute Gasteiger partial charge is 0.125 e. The van der Waals surface area contributed by atoms with Crippen LogP contribution in [0, 0.1) is 0 Å². The third-order valence-corrected chi connectivity index (χ3v) is 4.28. The van der Waals surface area contributed by atoms with Gasteiger partial charge >= 0.3 is 0 Å². The van der Waals surface area contributed by atoms with E-state index in [1.807, 2.05) is 13.2 Å². The minimum atomic E-state index is 0.168. The van der Waals surface area contributed by atoms with Gasteiger partial charge < -0.3 is 10.1 Å². The van der Waals surface area contributed by atoms with Gasteiger partial charge in [-0.3, -0.25) is 0 Å². The molecule has 0 amide bonds. The van der Waals surface area contributed by atoms with Crippen LogP contribution in [0.5, 0.6) is 5.75 Å². The summed E-state index contributed by atoms with van der Waals surface area (Å²) in [6.45, 7) is 0.779. The summed E-state index contributed by atoms with van der Waals surface area (Å²) in [5, 5.41) is 3.30. The van der Waals surface area contributed by atoms with Crippen LogP contribution in [0.2, 0.25) is 0 Å². The molecule has 100 valence electrons. The molecule has 4 nitrogen and oxygen atoms in total. The zero-order valence-corrected chi connectivity index (χ0v) is 12.9. The molecular weight excluding hydrogens is 326 g/mol. The molecule has 0 fully saturated rings. The number of hydrogen-bond acceptors (Lipinski definition) is 5. The molecule has 1 atom stereocenters. The summed E-state index contributed by atoms with van der Waals surface area (Å²) in [5.74, 6) is 1.05. The van der Waals surface area contributed by atoms with Gasteiger partial charge in [0.2, 0.25) is 0 Å². The minimum Gasteiger partial charge on any atom is -0.493 e. The molecule has 2 heterocycles. The Morgan fingerprint density at radius 1 is 1.53 bits per heavy atom. The van der Waals surface area contributed by atoms with Crippen LogP contribution in [0.3, 0.4) is 0 Å². The summed E-state index contributed by atoms with van der Waals surface area (Å²) >= 11 is 4.82. The first-order valence-corrected chi connectivity index (χ1v) is 7.69. The standard InChI is InChI=1S/C13H14BrN3OS/c1-15-11(12-7-16-19-17-12)6-9-5-10(14)4-8-2-3-18-13(8)9/h4-5,7,11,15H,2-3,6H2,1H3. The first-order chi connectivity index (χ1) is 9.28. The van der Waals surface area contributed by atoms with Gasteiger partial charge in [-0.15, -0.1) is 0 Å². The molecule has 1 aliphatic heterocycles. The average molecular weight is 340 g/mol. The molecule has 1 aliphatic rings. The maximum Gasteiger partial charge on any atom is 0.125 e. The van der Waals surface area contributed by atoms with Crippen LogP contribution in [0.1, 0.15) is 22.9 Å². The first kappa shape index (κ1) is 13.0. The predicted molar refractivity (Wildman–Crippen MR) is 78.8 cm³/mol. The van der Waals surface area contributed by atoms with Crippen molar-refractivity contribution in [3.8, 4) is 5.75 Å². The zero-order valence-electron chi connectivity index (χ0n) is 10.5. The van der Waals surface area contributed by atoms with E-state index in [0.717, 1.165) is 35.4 Å². The lowest BCUT2D eigenvalue weighted by Gasteiger charge is -2.16. The first-order valence-electron chi connectivity index (χ1n) is 6.16. The Labute approximate surface area is 124 Å². The van der Waals surface area contributed by atoms with Gasteiger partial charge in [-0.1, -0.05) is 15.9 Å². The molecule has 6 heteroatoms. The number of benzene rings is 1. The third kappa shape index (κ3) is 2.66. The summed E-state index contributed by atoms with van der Waals surface area (Å²) in [5.41, 5.74) is 3.49. The number of fused-ring (bicyclic) bond motifs is 1. The van der Waals surface area contributed by atoms with Crippen molar-refractivity contribution >= 4 is 27.7 Å². The van der Waals surface area contributed by atoms with Crippen LogP contribution in [0.4, 0.5) is 0 Å². The van der Waals surface area contributed by atoms with Gasteiger partial charge in [-0.2, -0.15) is 8.75 Å². The average Bonchev–Trinajstić information content (AvgIpc) is 3.05. The minimum absolute atomic E-state index is 0.168. The van der Waals surface area contributed by atoms with Crippen molar-refractivity contribution in [1.82, 2.24) is 14.1 Å². The second-order valence-corrected chi connectivity index (χ2v) is 6.00. The number of ether oxygens (including phenoxy) is 1. The molecule has 3 rings (SSSR count). The highest BCUT2D eigenvalue weighted by molar-refractivity contribution is 9.10. The van der Waals surface area contributed by atoms with Gasteiger partial charge in [0.1, 0.15) is 5.75 Å². The van der Waals surface area contributed by atoms with Gasteiger partial charge in [0, 0.05) is 10.9 Å². The summed E-state index contributed by atoms with van der Waals surface area (Å²) in [6.07, 6.45) is 3.67. The molecule has 2 aromatic rings. The van der Waals surface area contributed by atoms with Crippen molar-refractivity contribution in [1.29, 1.82) is 0 Å². The van der Waals surface area contributed by atoms with Crippen molar-refractivity contribution < 1.29 is 4.74 Å². The van der Waals surface area contributed by atoms with Gasteiger partial charge in [-0.05, 0) is 36.7 Å². The molecule has 1 aromatic heterocycles. The van der Waals surface area contributed by atoms with Crippen molar-refractivity contribution in [3.05, 3.63) is 39.6 Å². The Morgan fingerprint density at radius 3 is 3.16 bits per heavy atom. The number of nitrogens with zero attached hydrogens (tertiary/aromatic N) is 2. The SMILES string of the molecule is CNC(Cc1cc(Br)cc2c1OCC2)c1cnsn1. The molecule has 19 heavy (non-hydrogen) atoms. The normalized spacial score (nSPS) is 15.1. The maximum absolute atomic E-state index is 5.77. The Balaban J connectivity index is 1.90. The van der Waals surface area contributed by atoms with Gasteiger partial charge in [0.25, 0.3) is 0 Å². The third-order valence-electron chi connectivity index (χ3n) is 3.33. The summed E-state index contributed by atoms with van der Waals surface area (Å²) in [7, 11) is 1.95. The molecule has 0 bridgehead atoms. The van der Waals surface area contributed by atoms with E-state index in [0.29, 0.717) is 0 Å². The number of likely N-dealkylation sites (N-methyl/N-ethyl adjacent to an activating group) is 1. The fraction of sp³-hybridized carbons (Fsp3) is 0.385. The van der Waals surface area contributed by atoms with Crippen LogP contribution in [0.25, 0.3) is 0 Å². The zero-order chi connectivity index (χ0) is 13.2. The fourth-order valence-corrected chi connectivity index (χ4v) is 3.42. The fourth-order valence-electron chi connectivity index (χ4n) is 2.40. The quantitative estimate of drug-likeness (QED) is 0.930. The lowest BCUT2D eigenvalue weighted by Crippen LogP contribution is -2.19. The monoisotopic (exact) mass is 339 g/mol. The second-order valence-electron chi connectivity index (χ2n) is 4.53. The highest BCUT2D eigenvalue weighted by Crippen LogP contribution is 2.35. The van der Waals surface area contributed by atoms with Gasteiger partial charge in [-0.25, -0.2) is 0 Å². The van der Waals surface area contributed by atoms with Crippen molar-refractivity contribution in [2.75, 3.05) is 13.7 Å². The summed E-state index contributed by atoms with van der Waals surface area (Å²) in [4.78, 5) is 0. The Hall–Kier alpha value is -0.980. The van der Waals surface area contributed by atoms with Gasteiger partial charge in [0.05, 0.1) is 36.3 Å². The van der Waals surface area contributed by atoms with Crippen LogP contribution in [-0.4, -0.2) is 22.4 Å². The van der Waals surface area contributed by atoms with Crippen LogP contribution in [-0.2, 0) is 12.8 Å². The summed E-state index contributed by atoms with van der Waals surface area (Å²) in [6, 6.07) is 4.44. The Morgan fingerprint density at radius 2 is 2.42 bits per heavy atom. The van der Waals surface area contributed by atoms with E-state index >= 15 is 0 Å². The van der Waals surface area contributed by atoms with E-state index in [4.69, 9.17) is 4.74 Å². The van der Waals surface area contributed by atoms with Crippen molar-refractivity contribution in [2.24, 2.45) is 0 Å². The van der Waals surface area contributed by atoms with Crippen LogP contribution >= 0.6 is 27.7 Å². The Bertz CT molecular complexity index is 574. The highest BCUT2D eigenvalue weighted by atomic mass is 79.9. The molecule has 1 aromatic carbocycles. The number of aromatic nitrogens is 2. The number of nitrogens with one attached hydrogen (secondary N) is 1. The van der Waals surface area contributed by atoms with E-state index < -0.39 is 0 Å². The van der Waals surface area contributed by atoms with E-state index in [-0.39, 0.29) is 6.04 Å². The van der Waals surface area contributed by atoms with E-state index in [1.165, 1.54) is 22.9 Å². The van der Waals surface area contributed by atoms with Gasteiger partial charge in [0.15, 0.2) is 0 Å². The molecule has 1 N–H and O–H groups in total. The molecular formula is C13H14BrN3OS. The van der Waals surface area contributed by atoms with Crippen molar-refractivity contribution in [3.63, 3.8) is 0 Å². The van der Waals surface area contributed by atoms with Crippen LogP contribution < -0.4 is 10.1 Å². The number of halogens is 1. The maximum atomic E-state index is 5.77. The Kier molecular flexibility index (Phi) is 3.81. The van der Waals surface area contributed by atoms with E-state index in [9.17, 15) is 0 Å². The molecule has 0 radical (unpaired) electrons. The lowest BCUT2D eigenvalue weighted by molar-refractivity contribution is 0.352. The molecule has 0 saturated carbocycles. The van der Waals surface area contributed by atoms with E-state index in [2.05, 4.69) is 42.1 Å². The van der Waals surface area contributed by atoms with E-state index in [1.54, 1.807) is 0 Å². The molecule has 1 unspecified atom stereocenters. The molecule has 0 spiro atoms. The van der Waals surface area contributed by atoms with Crippen molar-refractivity contribution in [2.45, 2.75) is 18.9 Å². The predicted octanol–water partition coefficient (Wildman–Crippen LogP) is 2.74. The highest BCUT2D eigenvalue weighted by Gasteiger charge is 2.21. The second kappa shape index (κ2) is 5.56. The molecule has 0 saturated heterocycles. The number of rotatable bonds is 4. The van der Waals surface area contributed by atoms with Crippen LogP contribution in [0.15, 0.2) is 22.8 Å². The largest absolute Gasteiger partial charge is 0.493 e. The topological polar surface area (TPSA) is 47.0 Å². The number of hydrogen-bond donors (Lipinski definition) is 1. The molecule has 0 aliphatic carbocycles. The summed E-state index contributed by atoms with van der Waals surface area (Å²) < 4.78 is 15.3.